The van der Waals surface area contributed by atoms with Gasteiger partial charge in [0.15, 0.2) is 0 Å². The van der Waals surface area contributed by atoms with E-state index in [0.29, 0.717) is 11.9 Å². The third-order valence-electron chi connectivity index (χ3n) is 3.23. The Balaban J connectivity index is 2.17. The number of nitrogens with zero attached hydrogens (tertiary/aromatic N) is 2. The molecule has 20 heavy (non-hydrogen) atoms. The van der Waals surface area contributed by atoms with E-state index >= 15 is 0 Å². The number of hydrogen-bond donors (Lipinski definition) is 1. The highest BCUT2D eigenvalue weighted by Crippen LogP contribution is 2.25. The van der Waals surface area contributed by atoms with E-state index in [4.69, 9.17) is 4.74 Å². The van der Waals surface area contributed by atoms with Gasteiger partial charge in [-0.2, -0.15) is 11.3 Å². The Hall–Kier alpha value is -1.46. The minimum absolute atomic E-state index is 0.292. The molecule has 0 amide bonds. The fraction of sp³-hybridized carbons (Fsp3) is 0.467. The van der Waals surface area contributed by atoms with Gasteiger partial charge in [-0.05, 0) is 41.8 Å². The second-order valence-corrected chi connectivity index (χ2v) is 5.52. The molecule has 1 N–H and O–H groups in total. The molecule has 0 aromatic carbocycles. The van der Waals surface area contributed by atoms with Gasteiger partial charge >= 0.3 is 0 Å². The van der Waals surface area contributed by atoms with Crippen molar-refractivity contribution in [1.29, 1.82) is 0 Å². The molecule has 0 aliphatic rings. The van der Waals surface area contributed by atoms with E-state index in [1.54, 1.807) is 24.8 Å². The maximum atomic E-state index is 5.16. The molecule has 2 aromatic rings. The lowest BCUT2D eigenvalue weighted by Crippen LogP contribution is -2.24. The fourth-order valence-corrected chi connectivity index (χ4v) is 3.05. The van der Waals surface area contributed by atoms with E-state index in [1.807, 2.05) is 6.07 Å². The van der Waals surface area contributed by atoms with Gasteiger partial charge in [-0.15, -0.1) is 0 Å². The number of methoxy groups -OCH3 is 1. The fourth-order valence-electron chi connectivity index (χ4n) is 2.15. The van der Waals surface area contributed by atoms with Crippen molar-refractivity contribution in [3.8, 4) is 5.88 Å². The Morgan fingerprint density at radius 2 is 2.20 bits per heavy atom. The SMILES string of the molecule is CCCNC(Cc1cc(OC)ncn1)c1cscc1C. The second kappa shape index (κ2) is 7.36. The van der Waals surface area contributed by atoms with Crippen LogP contribution < -0.4 is 10.1 Å². The lowest BCUT2D eigenvalue weighted by atomic mass is 10.0. The highest BCUT2D eigenvalue weighted by molar-refractivity contribution is 7.08. The molecule has 0 saturated heterocycles. The lowest BCUT2D eigenvalue weighted by molar-refractivity contribution is 0.395. The Morgan fingerprint density at radius 3 is 2.85 bits per heavy atom. The van der Waals surface area contributed by atoms with Crippen molar-refractivity contribution in [2.45, 2.75) is 32.7 Å². The van der Waals surface area contributed by atoms with Crippen molar-refractivity contribution in [3.05, 3.63) is 40.0 Å². The molecule has 0 spiro atoms. The van der Waals surface area contributed by atoms with Gasteiger partial charge in [-0.3, -0.25) is 0 Å². The summed E-state index contributed by atoms with van der Waals surface area (Å²) in [4.78, 5) is 8.40. The van der Waals surface area contributed by atoms with Crippen molar-refractivity contribution in [2.75, 3.05) is 13.7 Å². The molecule has 108 valence electrons. The van der Waals surface area contributed by atoms with Crippen LogP contribution in [0, 0.1) is 6.92 Å². The molecule has 1 atom stereocenters. The zero-order valence-corrected chi connectivity index (χ0v) is 13.0. The number of rotatable bonds is 7. The summed E-state index contributed by atoms with van der Waals surface area (Å²) in [7, 11) is 1.63. The summed E-state index contributed by atoms with van der Waals surface area (Å²) in [6, 6.07) is 2.20. The molecule has 0 radical (unpaired) electrons. The standard InChI is InChI=1S/C15H21N3OS/c1-4-5-16-14(13-9-20-8-11(13)2)6-12-7-15(19-3)18-10-17-12/h7-10,14,16H,4-6H2,1-3H3. The van der Waals surface area contributed by atoms with Gasteiger partial charge in [0.1, 0.15) is 6.33 Å². The first kappa shape index (κ1) is 14.9. The Morgan fingerprint density at radius 1 is 1.35 bits per heavy atom. The molecule has 0 bridgehead atoms. The van der Waals surface area contributed by atoms with Crippen molar-refractivity contribution >= 4 is 11.3 Å². The monoisotopic (exact) mass is 291 g/mol. The van der Waals surface area contributed by atoms with Gasteiger partial charge in [0.25, 0.3) is 0 Å². The summed E-state index contributed by atoms with van der Waals surface area (Å²) in [6.07, 6.45) is 3.52. The van der Waals surface area contributed by atoms with E-state index in [2.05, 4.69) is 39.9 Å². The average molecular weight is 291 g/mol. The third-order valence-corrected chi connectivity index (χ3v) is 4.11. The predicted molar refractivity (Wildman–Crippen MR) is 82.4 cm³/mol. The van der Waals surface area contributed by atoms with Gasteiger partial charge in [-0.1, -0.05) is 6.92 Å². The molecule has 0 saturated carbocycles. The minimum atomic E-state index is 0.292. The molecule has 0 aliphatic heterocycles. The maximum absolute atomic E-state index is 5.16. The average Bonchev–Trinajstić information content (AvgIpc) is 2.90. The summed E-state index contributed by atoms with van der Waals surface area (Å²) in [5.74, 6) is 0.617. The first-order chi connectivity index (χ1) is 9.74. The molecule has 0 fully saturated rings. The molecule has 0 aliphatic carbocycles. The quantitative estimate of drug-likeness (QED) is 0.851. The maximum Gasteiger partial charge on any atom is 0.216 e. The van der Waals surface area contributed by atoms with Crippen LogP contribution in [0.3, 0.4) is 0 Å². The van der Waals surface area contributed by atoms with Crippen LogP contribution in [0.25, 0.3) is 0 Å². The van der Waals surface area contributed by atoms with Gasteiger partial charge in [0.05, 0.1) is 7.11 Å². The van der Waals surface area contributed by atoms with Crippen LogP contribution in [0.5, 0.6) is 5.88 Å². The smallest absolute Gasteiger partial charge is 0.216 e. The van der Waals surface area contributed by atoms with Crippen LogP contribution in [0.1, 0.15) is 36.2 Å². The number of thiophene rings is 1. The van der Waals surface area contributed by atoms with Crippen molar-refractivity contribution in [2.24, 2.45) is 0 Å². The zero-order chi connectivity index (χ0) is 14.4. The second-order valence-electron chi connectivity index (χ2n) is 4.77. The minimum Gasteiger partial charge on any atom is -0.481 e. The molecule has 2 rings (SSSR count). The molecular weight excluding hydrogens is 270 g/mol. The molecule has 2 heterocycles. The van der Waals surface area contributed by atoms with Gasteiger partial charge in [0.2, 0.25) is 5.88 Å². The number of ether oxygens (including phenoxy) is 1. The van der Waals surface area contributed by atoms with Crippen LogP contribution in [0.2, 0.25) is 0 Å². The first-order valence-electron chi connectivity index (χ1n) is 6.85. The Labute approximate surface area is 124 Å². The number of aryl methyl sites for hydroxylation is 1. The van der Waals surface area contributed by atoms with Gasteiger partial charge < -0.3 is 10.1 Å². The van der Waals surface area contributed by atoms with Crippen LogP contribution in [-0.2, 0) is 6.42 Å². The first-order valence-corrected chi connectivity index (χ1v) is 7.79. The zero-order valence-electron chi connectivity index (χ0n) is 12.2. The molecule has 5 heteroatoms. The molecule has 2 aromatic heterocycles. The van der Waals surface area contributed by atoms with E-state index < -0.39 is 0 Å². The summed E-state index contributed by atoms with van der Waals surface area (Å²) in [6.45, 7) is 5.34. The van der Waals surface area contributed by atoms with Crippen LogP contribution in [0.15, 0.2) is 23.2 Å². The third kappa shape index (κ3) is 3.77. The Bertz CT molecular complexity index is 541. The highest BCUT2D eigenvalue weighted by atomic mass is 32.1. The predicted octanol–water partition coefficient (Wildman–Crippen LogP) is 3.14. The van der Waals surface area contributed by atoms with Gasteiger partial charge in [0, 0.05) is 24.2 Å². The van der Waals surface area contributed by atoms with Crippen LogP contribution in [-0.4, -0.2) is 23.6 Å². The topological polar surface area (TPSA) is 47.0 Å². The highest BCUT2D eigenvalue weighted by Gasteiger charge is 2.15. The summed E-state index contributed by atoms with van der Waals surface area (Å²) >= 11 is 1.75. The number of aromatic nitrogens is 2. The largest absolute Gasteiger partial charge is 0.481 e. The van der Waals surface area contributed by atoms with Gasteiger partial charge in [-0.25, -0.2) is 9.97 Å². The van der Waals surface area contributed by atoms with E-state index in [-0.39, 0.29) is 0 Å². The Kier molecular flexibility index (Phi) is 5.49. The van der Waals surface area contributed by atoms with E-state index in [1.165, 1.54) is 11.1 Å². The van der Waals surface area contributed by atoms with Crippen molar-refractivity contribution in [3.63, 3.8) is 0 Å². The number of hydrogen-bond acceptors (Lipinski definition) is 5. The van der Waals surface area contributed by atoms with Crippen LogP contribution >= 0.6 is 11.3 Å². The summed E-state index contributed by atoms with van der Waals surface area (Å²) in [5.41, 5.74) is 3.70. The number of nitrogens with one attached hydrogen (secondary N) is 1. The van der Waals surface area contributed by atoms with Crippen molar-refractivity contribution in [1.82, 2.24) is 15.3 Å². The van der Waals surface area contributed by atoms with E-state index in [0.717, 1.165) is 25.1 Å². The molecular formula is C15H21N3OS. The normalized spacial score (nSPS) is 12.3. The lowest BCUT2D eigenvalue weighted by Gasteiger charge is -2.18. The summed E-state index contributed by atoms with van der Waals surface area (Å²) in [5, 5.41) is 8.02. The van der Waals surface area contributed by atoms with Crippen molar-refractivity contribution < 1.29 is 4.74 Å². The molecule has 1 unspecified atom stereocenters. The summed E-state index contributed by atoms with van der Waals surface area (Å²) < 4.78 is 5.16. The van der Waals surface area contributed by atoms with Crippen LogP contribution in [0.4, 0.5) is 0 Å². The van der Waals surface area contributed by atoms with E-state index in [9.17, 15) is 0 Å². The molecule has 4 nitrogen and oxygen atoms in total.